The number of nitrogens with one attached hydrogen (secondary N) is 8. The molecule has 0 aromatic heterocycles. The van der Waals surface area contributed by atoms with Crippen LogP contribution in [0.25, 0.3) is 0 Å². The molecule has 112 heavy (non-hydrogen) atoms. The number of hydrogen-bond donors (Lipinski definition) is 8. The summed E-state index contributed by atoms with van der Waals surface area (Å²) in [6.07, 6.45) is 12.5. The van der Waals surface area contributed by atoms with E-state index in [0.717, 1.165) is 26.2 Å². The van der Waals surface area contributed by atoms with Gasteiger partial charge in [0.25, 0.3) is 0 Å². The van der Waals surface area contributed by atoms with Gasteiger partial charge in [0.1, 0.15) is 0 Å². The van der Waals surface area contributed by atoms with Gasteiger partial charge in [-0.2, -0.15) is 0 Å². The van der Waals surface area contributed by atoms with Crippen LogP contribution in [0.5, 0.6) is 0 Å². The Morgan fingerprint density at radius 2 is 0.580 bits per heavy atom. The molecule has 4 saturated heterocycles. The van der Waals surface area contributed by atoms with Crippen LogP contribution in [0.15, 0.2) is 0 Å². The summed E-state index contributed by atoms with van der Waals surface area (Å²) in [6, 6.07) is 1.97. The van der Waals surface area contributed by atoms with Gasteiger partial charge < -0.3 is 80.4 Å². The molecule has 682 valence electrons. The highest BCUT2D eigenvalue weighted by molar-refractivity contribution is 5.05. The van der Waals surface area contributed by atoms with Gasteiger partial charge in [0.15, 0.2) is 0 Å². The second-order valence-electron chi connectivity index (χ2n) is 47.5. The smallest absolute Gasteiger partial charge is 0.0811 e. The van der Waals surface area contributed by atoms with E-state index in [4.69, 9.17) is 37.9 Å². The summed E-state index contributed by atoms with van der Waals surface area (Å²) in [5.41, 5.74) is 0.443. The Morgan fingerprint density at radius 1 is 0.330 bits per heavy atom. The van der Waals surface area contributed by atoms with E-state index in [1.165, 1.54) is 57.8 Å². The van der Waals surface area contributed by atoms with Crippen molar-refractivity contribution in [3.05, 3.63) is 0 Å². The van der Waals surface area contributed by atoms with Crippen LogP contribution in [0.4, 0.5) is 0 Å². The second-order valence-corrected chi connectivity index (χ2v) is 47.5. The van der Waals surface area contributed by atoms with Crippen LogP contribution in [0, 0.1) is 16.2 Å². The topological polar surface area (TPSA) is 170 Å². The summed E-state index contributed by atoms with van der Waals surface area (Å²) in [5, 5.41) is 26.9. The molecule has 0 aromatic rings. The predicted octanol–water partition coefficient (Wildman–Crippen LogP) is 22.6. The minimum atomic E-state index is -0.181. The Hall–Kier alpha value is -0.640. The lowest BCUT2D eigenvalue weighted by Crippen LogP contribution is -2.58. The van der Waals surface area contributed by atoms with E-state index in [2.05, 4.69) is 403 Å². The molecule has 4 aliphatic heterocycles. The van der Waals surface area contributed by atoms with Crippen LogP contribution in [0.3, 0.4) is 0 Å². The van der Waals surface area contributed by atoms with Crippen molar-refractivity contribution in [2.45, 2.75) is 556 Å². The molecule has 0 saturated carbocycles. The largest absolute Gasteiger partial charge is 0.371 e. The number of ether oxygens (including phenoxy) is 8. The summed E-state index contributed by atoms with van der Waals surface area (Å²) in [5.74, 6) is 0. The van der Waals surface area contributed by atoms with Crippen molar-refractivity contribution >= 4 is 0 Å². The summed E-state index contributed by atoms with van der Waals surface area (Å²) >= 11 is 0. The summed E-state index contributed by atoms with van der Waals surface area (Å²) in [4.78, 5) is 0. The van der Waals surface area contributed by atoms with E-state index in [-0.39, 0.29) is 102 Å². The summed E-state index contributed by atoms with van der Waals surface area (Å²) in [6.45, 7) is 117. The molecule has 4 heterocycles. The Balaban J connectivity index is -0.000000384. The lowest BCUT2D eigenvalue weighted by atomic mass is 9.63. The lowest BCUT2D eigenvalue weighted by Gasteiger charge is -2.45. The van der Waals surface area contributed by atoms with E-state index in [1.807, 2.05) is 28.2 Å². The molecule has 4 aliphatic rings. The van der Waals surface area contributed by atoms with Crippen molar-refractivity contribution in [2.75, 3.05) is 54.4 Å². The highest BCUT2D eigenvalue weighted by atomic mass is 16.5. The maximum atomic E-state index is 6.15. The zero-order valence-corrected chi connectivity index (χ0v) is 86.6. The average Bonchev–Trinajstić information content (AvgIpc) is 1.60. The lowest BCUT2D eigenvalue weighted by molar-refractivity contribution is -0.150. The summed E-state index contributed by atoms with van der Waals surface area (Å²) in [7, 11) is 7.84. The molecule has 8 N–H and O–H groups in total. The van der Waals surface area contributed by atoms with Crippen LogP contribution in [0.1, 0.15) is 418 Å². The van der Waals surface area contributed by atoms with Gasteiger partial charge >= 0.3 is 0 Å². The zero-order valence-electron chi connectivity index (χ0n) is 86.6. The van der Waals surface area contributed by atoms with E-state index in [9.17, 15) is 0 Å². The fraction of sp³-hybridized carbons (Fsp3) is 1.00. The molecular weight excluding hydrogens is 1390 g/mol. The molecular formula is C96H210N8O8. The van der Waals surface area contributed by atoms with Crippen LogP contribution in [-0.2, 0) is 37.9 Å². The van der Waals surface area contributed by atoms with Gasteiger partial charge in [-0.15, -0.1) is 0 Å². The van der Waals surface area contributed by atoms with Gasteiger partial charge in [0.2, 0.25) is 0 Å². The van der Waals surface area contributed by atoms with Crippen molar-refractivity contribution in [1.82, 2.24) is 42.5 Å². The average molecular weight is 1600 g/mol. The van der Waals surface area contributed by atoms with Crippen molar-refractivity contribution in [2.24, 2.45) is 16.2 Å². The van der Waals surface area contributed by atoms with Crippen molar-refractivity contribution in [3.63, 3.8) is 0 Å². The maximum absolute atomic E-state index is 6.15. The Kier molecular flexibility index (Phi) is 51.1. The molecule has 0 amide bonds. The van der Waals surface area contributed by atoms with Crippen LogP contribution < -0.4 is 42.5 Å². The quantitative estimate of drug-likeness (QED) is 0.0546. The van der Waals surface area contributed by atoms with Crippen LogP contribution >= 0.6 is 0 Å². The first kappa shape index (κ1) is 120. The number of hydrogen-bond acceptors (Lipinski definition) is 16. The molecule has 0 radical (unpaired) electrons. The molecule has 16 heteroatoms. The van der Waals surface area contributed by atoms with E-state index >= 15 is 0 Å². The highest BCUT2D eigenvalue weighted by Gasteiger charge is 2.48. The first-order valence-electron chi connectivity index (χ1n) is 44.2. The molecule has 0 aliphatic carbocycles. The molecule has 0 unspecified atom stereocenters. The maximum Gasteiger partial charge on any atom is 0.0811 e. The van der Waals surface area contributed by atoms with Gasteiger partial charge in [-0.25, -0.2) is 0 Å². The third-order valence-corrected chi connectivity index (χ3v) is 22.7. The molecule has 16 nitrogen and oxygen atoms in total. The van der Waals surface area contributed by atoms with Gasteiger partial charge in [0.05, 0.1) is 91.6 Å². The third-order valence-electron chi connectivity index (χ3n) is 22.7. The molecule has 4 fully saturated rings. The molecule has 0 aromatic carbocycles. The van der Waals surface area contributed by atoms with Crippen molar-refractivity contribution in [3.8, 4) is 0 Å². The first-order valence-corrected chi connectivity index (χ1v) is 44.2. The molecule has 4 rings (SSSR count). The Bertz CT molecular complexity index is 2250. The first-order chi connectivity index (χ1) is 49.0. The van der Waals surface area contributed by atoms with E-state index < -0.39 is 0 Å². The number of rotatable bonds is 21. The Labute approximate surface area is 703 Å². The third kappa shape index (κ3) is 55.3. The van der Waals surface area contributed by atoms with E-state index in [0.29, 0.717) is 52.6 Å². The predicted molar refractivity (Wildman–Crippen MR) is 495 cm³/mol. The highest BCUT2D eigenvalue weighted by Crippen LogP contribution is 2.46. The SMILES string of the molecule is CC(C)(C)CC(C)(C)C(C)(C)C.CC(C)(C)OC(C)(C)[C@@]1(C)CCCN1.CC(C)(C)OC(C)(C)[C@]1(C)CCCN1.CNC(C)(C)C(C)(C)OC(C)(C)C.CNC(C)(C)C(C)(C)OC(C)(C)C.CN[C@@H](C)[C@@H](C)OC(C)(C)C.CN[C@H](C)[C@H](C)OC(C)(C)C.C[C@@H](OC(C)(C)C)[C@@H]1CCCN1.C[C@H](OC(C)(C)C)[C@H]1CCCN1. The fourth-order valence-electron chi connectivity index (χ4n) is 13.8. The van der Waals surface area contributed by atoms with Crippen LogP contribution in [-0.4, -0.2) is 192 Å². The molecule has 0 bridgehead atoms. The van der Waals surface area contributed by atoms with Gasteiger partial charge in [0, 0.05) is 46.3 Å². The van der Waals surface area contributed by atoms with E-state index in [1.54, 1.807) is 0 Å². The fourth-order valence-corrected chi connectivity index (χ4v) is 13.8. The normalized spacial score (nSPS) is 21.9. The Morgan fingerprint density at radius 3 is 0.732 bits per heavy atom. The number of likely N-dealkylation sites (N-methyl/N-ethyl adjacent to an activating group) is 4. The standard InChI is InChI=1S/2C12H25NO.C12H26.2C11H25NO.2C10H21NO.2C9H21NO/c2*1-10(2,3)14-11(4,5)12(6)8-7-9-13-12;1-10(2,3)9-12(7,8)11(4,5)6;2*1-9(2,3)13-11(6,7)10(4,5)12-8;2*1-8(12-10(2,3)4)9-6-5-7-11-9;2*1-7(10-6)8(2)11-9(3,4)5/h2*13H,7-9H2,1-6H3;9H2,1-8H3;2*12H,1-8H3;2*8-9,11H,5-7H2,1-4H3;2*7-8,10H,1-6H3/t2*12-;;;;2*8-,9+;2*7-,8+/m10...1010/s1. The van der Waals surface area contributed by atoms with Crippen molar-refractivity contribution in [1.29, 1.82) is 0 Å². The zero-order chi connectivity index (χ0) is 90.6. The second kappa shape index (κ2) is 47.7. The monoisotopic (exact) mass is 1600 g/mol. The van der Waals surface area contributed by atoms with Crippen molar-refractivity contribution < 1.29 is 37.9 Å². The minimum absolute atomic E-state index is 0.0102. The van der Waals surface area contributed by atoms with Gasteiger partial charge in [-0.05, 0) is 433 Å². The summed E-state index contributed by atoms with van der Waals surface area (Å²) < 4.78 is 47.5. The van der Waals surface area contributed by atoms with Gasteiger partial charge in [-0.1, -0.05) is 55.4 Å². The van der Waals surface area contributed by atoms with Gasteiger partial charge in [-0.3, -0.25) is 0 Å². The van der Waals surface area contributed by atoms with Crippen LogP contribution in [0.2, 0.25) is 0 Å². The molecule has 0 spiro atoms. The molecule has 10 atom stereocenters. The minimum Gasteiger partial charge on any atom is -0.371 e.